The second kappa shape index (κ2) is 9.35. The number of nitrogens with zero attached hydrogens (tertiary/aromatic N) is 1. The van der Waals surface area contributed by atoms with Gasteiger partial charge in [-0.1, -0.05) is 39.5 Å². The molecule has 1 amide bonds. The van der Waals surface area contributed by atoms with Crippen molar-refractivity contribution in [3.8, 4) is 0 Å². The first kappa shape index (κ1) is 17.4. The van der Waals surface area contributed by atoms with Crippen LogP contribution in [0.4, 0.5) is 0 Å². The number of hydrogen-bond donors (Lipinski definition) is 2. The summed E-state index contributed by atoms with van der Waals surface area (Å²) < 4.78 is 0. The number of amides is 1. The topological polar surface area (TPSA) is 58.4 Å². The highest BCUT2D eigenvalue weighted by Gasteiger charge is 2.19. The number of hydrogen-bond acceptors (Lipinski definition) is 3. The molecule has 0 heterocycles. The lowest BCUT2D eigenvalue weighted by atomic mass is 9.94. The zero-order chi connectivity index (χ0) is 15.0. The van der Waals surface area contributed by atoms with E-state index >= 15 is 0 Å². The molecule has 1 rings (SSSR count). The fourth-order valence-corrected chi connectivity index (χ4v) is 2.87. The maximum atomic E-state index is 11.8. The molecule has 20 heavy (non-hydrogen) atoms. The number of nitrogens with two attached hydrogens (primary N) is 1. The highest BCUT2D eigenvalue weighted by molar-refractivity contribution is 5.81. The predicted molar refractivity (Wildman–Crippen MR) is 84.6 cm³/mol. The van der Waals surface area contributed by atoms with E-state index in [4.69, 9.17) is 5.73 Å². The Labute approximate surface area is 124 Å². The van der Waals surface area contributed by atoms with Crippen LogP contribution in [0.5, 0.6) is 0 Å². The largest absolute Gasteiger partial charge is 0.355 e. The summed E-state index contributed by atoms with van der Waals surface area (Å²) >= 11 is 0. The summed E-state index contributed by atoms with van der Waals surface area (Å²) in [5.74, 6) is 0.250. The maximum absolute atomic E-state index is 11.8. The van der Waals surface area contributed by atoms with Gasteiger partial charge in [0.1, 0.15) is 0 Å². The molecule has 0 saturated heterocycles. The molecule has 1 aliphatic rings. The summed E-state index contributed by atoms with van der Waals surface area (Å²) in [6, 6.07) is 0.387. The van der Waals surface area contributed by atoms with E-state index in [1.54, 1.807) is 0 Å². The van der Waals surface area contributed by atoms with Gasteiger partial charge in [-0.2, -0.15) is 0 Å². The predicted octanol–water partition coefficient (Wildman–Crippen LogP) is 2.13. The van der Waals surface area contributed by atoms with Crippen LogP contribution in [0.3, 0.4) is 0 Å². The van der Waals surface area contributed by atoms with Crippen molar-refractivity contribution in [2.45, 2.75) is 70.9 Å². The molecular formula is C16H33N3O. The molecule has 1 saturated carbocycles. The van der Waals surface area contributed by atoms with E-state index in [1.165, 1.54) is 32.1 Å². The Kier molecular flexibility index (Phi) is 8.15. The highest BCUT2D eigenvalue weighted by atomic mass is 16.2. The molecule has 118 valence electrons. The Balaban J connectivity index is 2.13. The van der Waals surface area contributed by atoms with Gasteiger partial charge in [0.15, 0.2) is 0 Å². The van der Waals surface area contributed by atoms with Gasteiger partial charge in [-0.15, -0.1) is 0 Å². The molecule has 0 unspecified atom stereocenters. The van der Waals surface area contributed by atoms with Crippen LogP contribution in [-0.2, 0) is 4.79 Å². The first-order valence-electron chi connectivity index (χ1n) is 8.29. The minimum Gasteiger partial charge on any atom is -0.355 e. The summed E-state index contributed by atoms with van der Waals surface area (Å²) in [6.07, 6.45) is 8.76. The van der Waals surface area contributed by atoms with Crippen LogP contribution >= 0.6 is 0 Å². The van der Waals surface area contributed by atoms with Crippen LogP contribution in [0.2, 0.25) is 0 Å². The lowest BCUT2D eigenvalue weighted by Crippen LogP contribution is -2.45. The van der Waals surface area contributed by atoms with E-state index in [1.807, 2.05) is 6.92 Å². The molecule has 0 aromatic heterocycles. The van der Waals surface area contributed by atoms with Gasteiger partial charge in [-0.3, -0.25) is 4.79 Å². The Morgan fingerprint density at radius 1 is 1.35 bits per heavy atom. The third-order valence-corrected chi connectivity index (χ3v) is 4.74. The van der Waals surface area contributed by atoms with E-state index in [-0.39, 0.29) is 17.9 Å². The zero-order valence-corrected chi connectivity index (χ0v) is 13.5. The summed E-state index contributed by atoms with van der Waals surface area (Å²) in [4.78, 5) is 14.3. The smallest absolute Gasteiger partial charge is 0.237 e. The van der Waals surface area contributed by atoms with Crippen molar-refractivity contribution in [1.29, 1.82) is 0 Å². The van der Waals surface area contributed by atoms with Crippen molar-refractivity contribution in [2.75, 3.05) is 20.1 Å². The van der Waals surface area contributed by atoms with E-state index < -0.39 is 0 Å². The second-order valence-corrected chi connectivity index (χ2v) is 6.33. The van der Waals surface area contributed by atoms with Gasteiger partial charge < -0.3 is 16.0 Å². The van der Waals surface area contributed by atoms with Gasteiger partial charge in [0.05, 0.1) is 6.04 Å². The zero-order valence-electron chi connectivity index (χ0n) is 13.5. The van der Waals surface area contributed by atoms with E-state index in [9.17, 15) is 4.79 Å². The SMILES string of the molecule is CC[C@H](C)[C@H](N)C(=O)NCCCN(C)C1CCCCC1. The van der Waals surface area contributed by atoms with Gasteiger partial charge >= 0.3 is 0 Å². The molecule has 1 fully saturated rings. The third-order valence-electron chi connectivity index (χ3n) is 4.74. The van der Waals surface area contributed by atoms with Crippen LogP contribution < -0.4 is 11.1 Å². The second-order valence-electron chi connectivity index (χ2n) is 6.33. The standard InChI is InChI=1S/C16H33N3O/c1-4-13(2)15(17)16(20)18-11-8-12-19(3)14-9-6-5-7-10-14/h13-15H,4-12,17H2,1-3H3,(H,18,20)/t13-,15-/m0/s1. The third kappa shape index (κ3) is 5.80. The average molecular weight is 283 g/mol. The molecule has 3 N–H and O–H groups in total. The average Bonchev–Trinajstić information content (AvgIpc) is 2.50. The molecule has 1 aliphatic carbocycles. The molecule has 0 radical (unpaired) electrons. The fourth-order valence-electron chi connectivity index (χ4n) is 2.87. The lowest BCUT2D eigenvalue weighted by Gasteiger charge is -2.31. The summed E-state index contributed by atoms with van der Waals surface area (Å²) in [7, 11) is 2.21. The van der Waals surface area contributed by atoms with Gasteiger partial charge in [-0.25, -0.2) is 0 Å². The maximum Gasteiger partial charge on any atom is 0.237 e. The summed E-state index contributed by atoms with van der Waals surface area (Å²) in [5.41, 5.74) is 5.91. The minimum atomic E-state index is -0.365. The first-order chi connectivity index (χ1) is 9.56. The molecule has 4 nitrogen and oxygen atoms in total. The molecule has 0 aliphatic heterocycles. The van der Waals surface area contributed by atoms with Crippen LogP contribution in [-0.4, -0.2) is 43.0 Å². The number of carbonyl (C=O) groups is 1. The van der Waals surface area contributed by atoms with E-state index in [2.05, 4.69) is 24.2 Å². The van der Waals surface area contributed by atoms with E-state index in [0.29, 0.717) is 0 Å². The molecule has 0 aromatic carbocycles. The Hall–Kier alpha value is -0.610. The molecule has 4 heteroatoms. The van der Waals surface area contributed by atoms with E-state index in [0.717, 1.165) is 32.0 Å². The van der Waals surface area contributed by atoms with Gasteiger partial charge in [0.2, 0.25) is 5.91 Å². The van der Waals surface area contributed by atoms with Crippen molar-refractivity contribution in [2.24, 2.45) is 11.7 Å². The molecular weight excluding hydrogens is 250 g/mol. The highest BCUT2D eigenvalue weighted by Crippen LogP contribution is 2.21. The van der Waals surface area contributed by atoms with Crippen molar-refractivity contribution in [3.05, 3.63) is 0 Å². The lowest BCUT2D eigenvalue weighted by molar-refractivity contribution is -0.123. The van der Waals surface area contributed by atoms with Crippen LogP contribution in [0.15, 0.2) is 0 Å². The number of nitrogens with one attached hydrogen (secondary N) is 1. The quantitative estimate of drug-likeness (QED) is 0.671. The van der Waals surface area contributed by atoms with Crippen LogP contribution in [0, 0.1) is 5.92 Å². The van der Waals surface area contributed by atoms with Gasteiger partial charge in [0.25, 0.3) is 0 Å². The summed E-state index contributed by atoms with van der Waals surface area (Å²) in [6.45, 7) is 5.89. The Morgan fingerprint density at radius 2 is 2.00 bits per heavy atom. The van der Waals surface area contributed by atoms with Crippen molar-refractivity contribution in [3.63, 3.8) is 0 Å². The summed E-state index contributed by atoms with van der Waals surface area (Å²) in [5, 5.41) is 2.97. The molecule has 0 spiro atoms. The van der Waals surface area contributed by atoms with Crippen molar-refractivity contribution < 1.29 is 4.79 Å². The number of carbonyl (C=O) groups excluding carboxylic acids is 1. The molecule has 2 atom stereocenters. The Bertz CT molecular complexity index is 277. The van der Waals surface area contributed by atoms with Gasteiger partial charge in [0, 0.05) is 12.6 Å². The fraction of sp³-hybridized carbons (Fsp3) is 0.938. The normalized spacial score (nSPS) is 19.9. The van der Waals surface area contributed by atoms with Crippen LogP contribution in [0.25, 0.3) is 0 Å². The first-order valence-corrected chi connectivity index (χ1v) is 8.29. The number of rotatable bonds is 8. The Morgan fingerprint density at radius 3 is 2.60 bits per heavy atom. The molecule has 0 bridgehead atoms. The van der Waals surface area contributed by atoms with Crippen LogP contribution in [0.1, 0.15) is 58.8 Å². The molecule has 0 aromatic rings. The monoisotopic (exact) mass is 283 g/mol. The van der Waals surface area contributed by atoms with Crippen molar-refractivity contribution in [1.82, 2.24) is 10.2 Å². The van der Waals surface area contributed by atoms with Gasteiger partial charge in [-0.05, 0) is 38.8 Å². The van der Waals surface area contributed by atoms with Crippen molar-refractivity contribution >= 4 is 5.91 Å². The minimum absolute atomic E-state index is 0.000306.